The molecule has 0 aromatic carbocycles. The van der Waals surface area contributed by atoms with Gasteiger partial charge in [0.1, 0.15) is 96.7 Å². The van der Waals surface area contributed by atoms with Gasteiger partial charge in [-0.05, 0) is 138 Å². The fraction of sp³-hybridized carbons (Fsp3) is 0.742. The summed E-state index contributed by atoms with van der Waals surface area (Å²) < 4.78 is 0. The van der Waals surface area contributed by atoms with Crippen LogP contribution in [0, 0.1) is 47.3 Å². The summed E-state index contributed by atoms with van der Waals surface area (Å²) in [6, 6.07) is -28.0. The minimum Gasteiger partial charge on any atom is -0.481 e. The monoisotopic (exact) mass is 1980 g/mol. The summed E-state index contributed by atoms with van der Waals surface area (Å²) >= 11 is 0. The largest absolute Gasteiger partial charge is 0.481 e. The van der Waals surface area contributed by atoms with Gasteiger partial charge in [0.25, 0.3) is 0 Å². The summed E-state index contributed by atoms with van der Waals surface area (Å²) in [4.78, 5) is 312. The zero-order valence-corrected chi connectivity index (χ0v) is 82.9. The van der Waals surface area contributed by atoms with Crippen LogP contribution in [0.3, 0.4) is 0 Å². The Morgan fingerprint density at radius 1 is 0.288 bits per heavy atom. The van der Waals surface area contributed by atoms with Gasteiger partial charge in [-0.1, -0.05) is 130 Å². The third-order valence-electron chi connectivity index (χ3n) is 22.4. The predicted molar refractivity (Wildman–Crippen MR) is 501 cm³/mol. The molecule has 0 aliphatic heterocycles. The van der Waals surface area contributed by atoms with E-state index in [1.807, 2.05) is 0 Å². The standard InChI is InChI=1S/C89H155N21O29/c1-19-46(14)69(85(134)99-52(24-22-23-31-90)75(124)94-39-65(115)96-61(89(138)139)36-45(12)13)107-83(132)58(35-44(10)11)103-80(129)56(33-42(6)7)101-77(126)53(25-28-66(116)117)97-76(125)55(27-30-68(120)121)100-88(137)72(50(18)112)110-73(122)49(17)95-79(128)59(37-63(92)113)104-81(130)60(38-64(93)114)105-86(135)70(47(15)20-2)109-87(136)71(48(16)21-3)108-82(131)57(34-43(8)9)102-78(127)54(26-29-67(118)119)98-84(133)62(40-111)106-74(123)51(91)32-41(4)5/h41-62,69-72,111-112H,19-40,90-91H2,1-18H3,(H2,92,113)(H2,93,114)(H,94,124)(H,95,128)(H,96,115)(H,97,125)(H,98,133)(H,99,134)(H,100,137)(H,101,126)(H,102,127)(H,103,129)(H,104,130)(H,105,135)(H,106,123)(H,107,132)(H,108,131)(H,109,136)(H,110,122)(H,116,117)(H,118,119)(H,120,121)(H,138,139)/t46-,47-,48-,49-,50+,51-,52-,53-,54-,55-,56-,57-,58-,59-,60-,61-,62-,69-,70-,71-,72-/m0/s1. The summed E-state index contributed by atoms with van der Waals surface area (Å²) in [6.45, 7) is 27.4. The normalized spacial score (nSPS) is 15.9. The summed E-state index contributed by atoms with van der Waals surface area (Å²) in [7, 11) is 0. The lowest BCUT2D eigenvalue weighted by Crippen LogP contribution is -2.63. The van der Waals surface area contributed by atoms with Gasteiger partial charge in [0.15, 0.2) is 0 Å². The number of carboxylic acids is 4. The van der Waals surface area contributed by atoms with Crippen molar-refractivity contribution in [1.29, 1.82) is 0 Å². The third-order valence-corrected chi connectivity index (χ3v) is 22.4. The van der Waals surface area contributed by atoms with Crippen molar-refractivity contribution >= 4 is 136 Å². The summed E-state index contributed by atoms with van der Waals surface area (Å²) in [5.74, 6) is -30.3. The number of aliphatic hydroxyl groups is 2. The van der Waals surface area contributed by atoms with Gasteiger partial charge in [-0.15, -0.1) is 0 Å². The van der Waals surface area contributed by atoms with E-state index in [0.717, 1.165) is 13.8 Å². The molecule has 0 bridgehead atoms. The van der Waals surface area contributed by atoms with Crippen molar-refractivity contribution in [2.24, 2.45) is 70.3 Å². The number of hydrogen-bond acceptors (Lipinski definition) is 27. The molecule has 0 aromatic heterocycles. The molecule has 0 aromatic rings. The lowest BCUT2D eigenvalue weighted by molar-refractivity contribution is -0.142. The quantitative estimate of drug-likeness (QED) is 0.0253. The molecule has 50 nitrogen and oxygen atoms in total. The Hall–Kier alpha value is -12.3. The van der Waals surface area contributed by atoms with E-state index in [1.165, 1.54) is 6.92 Å². The number of hydrogen-bond donors (Lipinski definition) is 27. The van der Waals surface area contributed by atoms with Crippen LogP contribution in [-0.4, -0.2) is 295 Å². The van der Waals surface area contributed by atoms with E-state index in [0.29, 0.717) is 12.8 Å². The summed E-state index contributed by atoms with van der Waals surface area (Å²) in [5, 5.41) is 101. The molecule has 21 atom stereocenters. The minimum absolute atomic E-state index is 0.0157. The van der Waals surface area contributed by atoms with E-state index >= 15 is 0 Å². The van der Waals surface area contributed by atoms with Crippen LogP contribution >= 0.6 is 0 Å². The van der Waals surface area contributed by atoms with Gasteiger partial charge in [-0.3, -0.25) is 105 Å². The molecule has 0 spiro atoms. The Bertz CT molecular complexity index is 4150. The summed E-state index contributed by atoms with van der Waals surface area (Å²) in [6.07, 6.45) is -7.26. The van der Waals surface area contributed by atoms with Crippen molar-refractivity contribution < 1.29 is 141 Å². The smallest absolute Gasteiger partial charge is 0.326 e. The molecule has 0 aliphatic rings. The first kappa shape index (κ1) is 127. The zero-order chi connectivity index (χ0) is 107. The Labute approximate surface area is 809 Å². The van der Waals surface area contributed by atoms with Crippen molar-refractivity contribution in [1.82, 2.24) is 90.4 Å². The highest BCUT2D eigenvalue weighted by atomic mass is 16.4. The van der Waals surface area contributed by atoms with Crippen LogP contribution in [0.1, 0.15) is 247 Å². The number of carboxylic acid groups (broad SMARTS) is 4. The van der Waals surface area contributed by atoms with Gasteiger partial charge in [0, 0.05) is 19.3 Å². The number of aliphatic hydroxyl groups excluding tert-OH is 2. The number of primary amides is 2. The van der Waals surface area contributed by atoms with Crippen molar-refractivity contribution in [3.8, 4) is 0 Å². The number of nitrogens with two attached hydrogens (primary N) is 4. The maximum atomic E-state index is 14.6. The van der Waals surface area contributed by atoms with Crippen LogP contribution in [0.4, 0.5) is 0 Å². The molecular weight excluding hydrogens is 1830 g/mol. The van der Waals surface area contributed by atoms with Crippen LogP contribution in [0.5, 0.6) is 0 Å². The second kappa shape index (κ2) is 64.7. The van der Waals surface area contributed by atoms with Gasteiger partial charge in [0.05, 0.1) is 38.1 Å². The van der Waals surface area contributed by atoms with E-state index in [9.17, 15) is 141 Å². The van der Waals surface area contributed by atoms with Gasteiger partial charge in [0.2, 0.25) is 112 Å². The molecule has 0 saturated heterocycles. The van der Waals surface area contributed by atoms with Crippen molar-refractivity contribution in [2.45, 2.75) is 355 Å². The molecule has 0 unspecified atom stereocenters. The first-order valence-corrected chi connectivity index (χ1v) is 47.0. The fourth-order valence-corrected chi connectivity index (χ4v) is 14.0. The van der Waals surface area contributed by atoms with Gasteiger partial charge in [-0.2, -0.15) is 0 Å². The average Bonchev–Trinajstić information content (AvgIpc) is 0.838. The Morgan fingerprint density at radius 2 is 0.561 bits per heavy atom. The molecule has 139 heavy (non-hydrogen) atoms. The number of carbonyl (C=O) groups is 23. The number of amides is 19. The number of carbonyl (C=O) groups excluding carboxylic acids is 19. The third kappa shape index (κ3) is 49.7. The maximum Gasteiger partial charge on any atom is 0.326 e. The molecule has 0 rings (SSSR count). The van der Waals surface area contributed by atoms with Crippen LogP contribution < -0.4 is 113 Å². The molecule has 31 N–H and O–H groups in total. The topological polar surface area (TPSA) is 823 Å². The molecule has 0 heterocycles. The number of unbranched alkanes of at least 4 members (excludes halogenated alkanes) is 1. The second-order valence-electron chi connectivity index (χ2n) is 37.2. The fourth-order valence-electron chi connectivity index (χ4n) is 14.0. The van der Waals surface area contributed by atoms with Crippen molar-refractivity contribution in [2.75, 3.05) is 19.7 Å². The number of rotatable bonds is 70. The van der Waals surface area contributed by atoms with Crippen LogP contribution in [-0.2, 0) is 110 Å². The second-order valence-corrected chi connectivity index (χ2v) is 37.2. The average molecular weight is 1980 g/mol. The molecular formula is C89H155N21O29. The molecule has 0 fully saturated rings. The Balaban J connectivity index is 7.18. The van der Waals surface area contributed by atoms with Crippen molar-refractivity contribution in [3.05, 3.63) is 0 Å². The van der Waals surface area contributed by atoms with Crippen LogP contribution in [0.25, 0.3) is 0 Å². The molecule has 19 amide bonds. The highest BCUT2D eigenvalue weighted by Crippen LogP contribution is 2.20. The first-order valence-electron chi connectivity index (χ1n) is 47.0. The van der Waals surface area contributed by atoms with Gasteiger partial charge in [-0.25, -0.2) is 4.79 Å². The lowest BCUT2D eigenvalue weighted by Gasteiger charge is -2.31. The predicted octanol–water partition coefficient (Wildman–Crippen LogP) is -5.49. The summed E-state index contributed by atoms with van der Waals surface area (Å²) in [5.41, 5.74) is 22.7. The van der Waals surface area contributed by atoms with E-state index in [-0.39, 0.29) is 88.0 Å². The van der Waals surface area contributed by atoms with E-state index in [1.54, 1.807) is 104 Å². The molecule has 0 radical (unpaired) electrons. The Morgan fingerprint density at radius 3 is 0.892 bits per heavy atom. The van der Waals surface area contributed by atoms with Crippen LogP contribution in [0.2, 0.25) is 0 Å². The molecule has 0 saturated carbocycles. The van der Waals surface area contributed by atoms with Gasteiger partial charge >= 0.3 is 23.9 Å². The number of aliphatic carboxylic acids is 4. The first-order chi connectivity index (χ1) is 64.7. The highest BCUT2D eigenvalue weighted by molar-refractivity contribution is 6.03. The Kier molecular flexibility index (Phi) is 59.0. The van der Waals surface area contributed by atoms with Gasteiger partial charge < -0.3 is 144 Å². The number of nitrogens with one attached hydrogen (secondary N) is 17. The molecule has 50 heteroatoms. The van der Waals surface area contributed by atoms with E-state index in [2.05, 4.69) is 90.4 Å². The molecule has 790 valence electrons. The van der Waals surface area contributed by atoms with E-state index < -0.39 is 333 Å². The molecule has 0 aliphatic carbocycles. The van der Waals surface area contributed by atoms with E-state index in [4.69, 9.17) is 22.9 Å². The lowest BCUT2D eigenvalue weighted by atomic mass is 9.94. The maximum absolute atomic E-state index is 14.6. The highest BCUT2D eigenvalue weighted by Gasteiger charge is 2.42. The zero-order valence-electron chi connectivity index (χ0n) is 82.9. The van der Waals surface area contributed by atoms with Crippen LogP contribution in [0.15, 0.2) is 0 Å². The minimum atomic E-state index is -2.12. The van der Waals surface area contributed by atoms with Crippen molar-refractivity contribution in [3.63, 3.8) is 0 Å². The SMILES string of the molecule is CC[C@H](C)[C@H](NC(=O)[C@H](CC(C)C)NC(=O)[C@H](CC(C)C)NC(=O)[C@H](CCC(=O)O)NC(=O)[C@H](CCC(=O)O)NC(=O)[C@@H](NC(=O)[C@H](C)NC(=O)[C@H](CC(N)=O)NC(=O)[C@H](CC(N)=O)NC(=O)[C@@H](NC(=O)[C@@H](NC(=O)[C@H](CC(C)C)NC(=O)[C@H](CCC(=O)O)NC(=O)[C@H](CO)NC(=O)[C@@H](N)CC(C)C)[C@@H](C)CC)[C@@H](C)CC)[C@@H](C)O)C(=O)N[C@@H](CCCCN)C(=O)NCC(=O)N[C@@H](CC(C)C)C(=O)O.